The third-order valence-corrected chi connectivity index (χ3v) is 2.70. The second-order valence-corrected chi connectivity index (χ2v) is 4.23. The molecule has 0 fully saturated rings. The summed E-state index contributed by atoms with van der Waals surface area (Å²) in [6, 6.07) is 6.91. The summed E-state index contributed by atoms with van der Waals surface area (Å²) in [6.07, 6.45) is 3.28. The lowest BCUT2D eigenvalue weighted by molar-refractivity contribution is 0.564. The predicted molar refractivity (Wildman–Crippen MR) is 67.2 cm³/mol. The first-order valence-electron chi connectivity index (χ1n) is 5.86. The van der Waals surface area contributed by atoms with Gasteiger partial charge in [-0.3, -0.25) is 0 Å². The summed E-state index contributed by atoms with van der Waals surface area (Å²) < 4.78 is 13.5. The lowest BCUT2D eigenvalue weighted by Crippen LogP contribution is -2.35. The highest BCUT2D eigenvalue weighted by Gasteiger charge is 2.10. The third-order valence-electron chi connectivity index (χ3n) is 2.70. The van der Waals surface area contributed by atoms with Gasteiger partial charge in [0.15, 0.2) is 0 Å². The van der Waals surface area contributed by atoms with Gasteiger partial charge in [0.25, 0.3) is 0 Å². The van der Waals surface area contributed by atoms with E-state index in [4.69, 9.17) is 5.73 Å². The number of likely N-dealkylation sites (N-methyl/N-ethyl adjacent to an activating group) is 1. The van der Waals surface area contributed by atoms with Gasteiger partial charge in [0, 0.05) is 19.6 Å². The summed E-state index contributed by atoms with van der Waals surface area (Å²) in [4.78, 5) is 1.88. The van der Waals surface area contributed by atoms with Crippen LogP contribution < -0.4 is 10.6 Å². The number of nitrogens with zero attached hydrogens (tertiary/aromatic N) is 1. The molecular weight excluding hydrogens is 203 g/mol. The predicted octanol–water partition coefficient (Wildman–Crippen LogP) is 2.78. The molecule has 0 radical (unpaired) electrons. The smallest absolute Gasteiger partial charge is 0.146 e. The second-order valence-electron chi connectivity index (χ2n) is 4.23. The number of unbranched alkanes of at least 4 members (excludes halogenated alkanes) is 1. The minimum atomic E-state index is -0.187. The minimum Gasteiger partial charge on any atom is -0.371 e. The van der Waals surface area contributed by atoms with Crippen molar-refractivity contribution in [3.05, 3.63) is 30.1 Å². The van der Waals surface area contributed by atoms with Crippen molar-refractivity contribution in [3.8, 4) is 0 Å². The number of benzene rings is 1. The Kier molecular flexibility index (Phi) is 5.26. The van der Waals surface area contributed by atoms with Crippen LogP contribution in [0.15, 0.2) is 24.3 Å². The van der Waals surface area contributed by atoms with E-state index in [2.05, 4.69) is 6.92 Å². The number of rotatable bonds is 6. The maximum Gasteiger partial charge on any atom is 0.146 e. The molecule has 0 aliphatic heterocycles. The van der Waals surface area contributed by atoms with E-state index in [0.717, 1.165) is 19.3 Å². The number of halogens is 1. The molecule has 1 unspecified atom stereocenters. The molecule has 1 rings (SSSR count). The van der Waals surface area contributed by atoms with Gasteiger partial charge < -0.3 is 10.6 Å². The van der Waals surface area contributed by atoms with E-state index in [1.165, 1.54) is 6.07 Å². The lowest BCUT2D eigenvalue weighted by Gasteiger charge is -2.23. The van der Waals surface area contributed by atoms with Gasteiger partial charge in [-0.2, -0.15) is 0 Å². The monoisotopic (exact) mass is 224 g/mol. The molecule has 0 bridgehead atoms. The SMILES string of the molecule is CCCCC(N)CN(C)c1ccccc1F. The molecule has 0 aromatic heterocycles. The van der Waals surface area contributed by atoms with Crippen LogP contribution in [-0.2, 0) is 0 Å². The van der Waals surface area contributed by atoms with Gasteiger partial charge in [-0.1, -0.05) is 31.9 Å². The Labute approximate surface area is 97.3 Å². The highest BCUT2D eigenvalue weighted by atomic mass is 19.1. The van der Waals surface area contributed by atoms with E-state index in [1.54, 1.807) is 12.1 Å². The molecule has 2 nitrogen and oxygen atoms in total. The first-order chi connectivity index (χ1) is 7.65. The van der Waals surface area contributed by atoms with Gasteiger partial charge in [-0.05, 0) is 18.6 Å². The molecule has 0 saturated carbocycles. The Morgan fingerprint density at radius 2 is 2.06 bits per heavy atom. The van der Waals surface area contributed by atoms with Gasteiger partial charge in [-0.25, -0.2) is 4.39 Å². The first kappa shape index (κ1) is 13.0. The average molecular weight is 224 g/mol. The maximum absolute atomic E-state index is 13.5. The minimum absolute atomic E-state index is 0.115. The number of para-hydroxylation sites is 1. The molecule has 0 saturated heterocycles. The molecule has 16 heavy (non-hydrogen) atoms. The molecule has 2 N–H and O–H groups in total. The molecule has 90 valence electrons. The average Bonchev–Trinajstić information content (AvgIpc) is 2.26. The number of nitrogens with two attached hydrogens (primary N) is 1. The van der Waals surface area contributed by atoms with Crippen LogP contribution >= 0.6 is 0 Å². The Morgan fingerprint density at radius 3 is 2.69 bits per heavy atom. The second kappa shape index (κ2) is 6.48. The molecule has 3 heteroatoms. The fraction of sp³-hybridized carbons (Fsp3) is 0.538. The van der Waals surface area contributed by atoms with Crippen molar-refractivity contribution >= 4 is 5.69 Å². The quantitative estimate of drug-likeness (QED) is 0.805. The van der Waals surface area contributed by atoms with Crippen LogP contribution in [0, 0.1) is 5.82 Å². The van der Waals surface area contributed by atoms with Crippen molar-refractivity contribution < 1.29 is 4.39 Å². The van der Waals surface area contributed by atoms with Crippen molar-refractivity contribution in [2.45, 2.75) is 32.2 Å². The molecule has 0 heterocycles. The van der Waals surface area contributed by atoms with Crippen LogP contribution in [0.25, 0.3) is 0 Å². The van der Waals surface area contributed by atoms with E-state index < -0.39 is 0 Å². The number of hydrogen-bond donors (Lipinski definition) is 1. The zero-order chi connectivity index (χ0) is 12.0. The Morgan fingerprint density at radius 1 is 1.38 bits per heavy atom. The lowest BCUT2D eigenvalue weighted by atomic mass is 10.1. The van der Waals surface area contributed by atoms with E-state index in [9.17, 15) is 4.39 Å². The van der Waals surface area contributed by atoms with Crippen molar-refractivity contribution in [1.82, 2.24) is 0 Å². The molecule has 1 atom stereocenters. The van der Waals surface area contributed by atoms with E-state index in [1.807, 2.05) is 18.0 Å². The Bertz CT molecular complexity index is 315. The summed E-state index contributed by atoms with van der Waals surface area (Å²) >= 11 is 0. The molecule has 0 aliphatic carbocycles. The van der Waals surface area contributed by atoms with E-state index in [-0.39, 0.29) is 11.9 Å². The summed E-state index contributed by atoms with van der Waals surface area (Å²) in [5, 5.41) is 0. The third kappa shape index (κ3) is 3.81. The van der Waals surface area contributed by atoms with Crippen molar-refractivity contribution in [2.24, 2.45) is 5.73 Å². The van der Waals surface area contributed by atoms with Gasteiger partial charge in [0.05, 0.1) is 5.69 Å². The highest BCUT2D eigenvalue weighted by molar-refractivity contribution is 5.46. The van der Waals surface area contributed by atoms with Crippen LogP contribution in [0.3, 0.4) is 0 Å². The van der Waals surface area contributed by atoms with E-state index >= 15 is 0 Å². The first-order valence-corrected chi connectivity index (χ1v) is 5.86. The Hall–Kier alpha value is -1.09. The van der Waals surface area contributed by atoms with Crippen LogP contribution in [0.2, 0.25) is 0 Å². The maximum atomic E-state index is 13.5. The summed E-state index contributed by atoms with van der Waals surface area (Å²) in [5.74, 6) is -0.187. The van der Waals surface area contributed by atoms with Crippen molar-refractivity contribution in [1.29, 1.82) is 0 Å². The molecule has 1 aromatic carbocycles. The van der Waals surface area contributed by atoms with Gasteiger partial charge in [0.2, 0.25) is 0 Å². The molecule has 0 aliphatic rings. The normalized spacial score (nSPS) is 12.5. The largest absolute Gasteiger partial charge is 0.371 e. The zero-order valence-electron chi connectivity index (χ0n) is 10.1. The molecule has 0 spiro atoms. The van der Waals surface area contributed by atoms with Gasteiger partial charge in [0.1, 0.15) is 5.82 Å². The summed E-state index contributed by atoms with van der Waals surface area (Å²) in [6.45, 7) is 2.84. The number of hydrogen-bond acceptors (Lipinski definition) is 2. The van der Waals surface area contributed by atoms with E-state index in [0.29, 0.717) is 12.2 Å². The van der Waals surface area contributed by atoms with Gasteiger partial charge >= 0.3 is 0 Å². The molecule has 1 aromatic rings. The molecule has 0 amide bonds. The topological polar surface area (TPSA) is 29.3 Å². The highest BCUT2D eigenvalue weighted by Crippen LogP contribution is 2.17. The fourth-order valence-corrected chi connectivity index (χ4v) is 1.77. The van der Waals surface area contributed by atoms with Crippen LogP contribution in [0.1, 0.15) is 26.2 Å². The summed E-state index contributed by atoms with van der Waals surface area (Å²) in [7, 11) is 1.88. The fourth-order valence-electron chi connectivity index (χ4n) is 1.77. The van der Waals surface area contributed by atoms with Crippen molar-refractivity contribution in [3.63, 3.8) is 0 Å². The Balaban J connectivity index is 2.52. The molecular formula is C13H21FN2. The zero-order valence-corrected chi connectivity index (χ0v) is 10.1. The number of anilines is 1. The standard InChI is InChI=1S/C13H21FN2/c1-3-4-7-11(15)10-16(2)13-9-6-5-8-12(13)14/h5-6,8-9,11H,3-4,7,10,15H2,1-2H3. The van der Waals surface area contributed by atoms with Crippen LogP contribution in [-0.4, -0.2) is 19.6 Å². The van der Waals surface area contributed by atoms with Crippen molar-refractivity contribution in [2.75, 3.05) is 18.5 Å². The van der Waals surface area contributed by atoms with Gasteiger partial charge in [-0.15, -0.1) is 0 Å². The van der Waals surface area contributed by atoms with Crippen LogP contribution in [0.4, 0.5) is 10.1 Å². The summed E-state index contributed by atoms with van der Waals surface area (Å²) in [5.41, 5.74) is 6.60. The van der Waals surface area contributed by atoms with Crippen LogP contribution in [0.5, 0.6) is 0 Å².